The zero-order chi connectivity index (χ0) is 17.6. The Kier molecular flexibility index (Phi) is 6.62. The largest absolute Gasteiger partial charge is 0.484 e. The lowest BCUT2D eigenvalue weighted by molar-refractivity contribution is -0.123. The average Bonchev–Trinajstić information content (AvgIpc) is 3.05. The third-order valence-corrected chi connectivity index (χ3v) is 5.74. The van der Waals surface area contributed by atoms with E-state index >= 15 is 0 Å². The van der Waals surface area contributed by atoms with Gasteiger partial charge in [-0.2, -0.15) is 0 Å². The molecule has 0 bridgehead atoms. The first-order valence-electron chi connectivity index (χ1n) is 8.45. The number of amides is 1. The lowest BCUT2D eigenvalue weighted by Crippen LogP contribution is -2.35. The van der Waals surface area contributed by atoms with Crippen molar-refractivity contribution >= 4 is 15.9 Å². The van der Waals surface area contributed by atoms with Crippen molar-refractivity contribution < 1.29 is 17.9 Å². The van der Waals surface area contributed by atoms with Crippen LogP contribution in [-0.2, 0) is 14.8 Å². The molecule has 24 heavy (non-hydrogen) atoms. The molecule has 1 amide bonds. The standard InChI is InChI=1S/C17H26N2O4S/c1-3-13(2)18-17(20)12-23-15-8-10-16(11-9-15)24(21,22)19-14-6-4-5-7-14/h8-11,13-14,19H,3-7,12H2,1-2H3,(H,18,20)/t13-/m0/s1. The van der Waals surface area contributed by atoms with Crippen molar-refractivity contribution in [3.8, 4) is 5.75 Å². The molecule has 0 heterocycles. The highest BCUT2D eigenvalue weighted by atomic mass is 32.2. The minimum atomic E-state index is -3.50. The highest BCUT2D eigenvalue weighted by Crippen LogP contribution is 2.21. The summed E-state index contributed by atoms with van der Waals surface area (Å²) >= 11 is 0. The molecule has 6 nitrogen and oxygen atoms in total. The van der Waals surface area contributed by atoms with Crippen LogP contribution in [0, 0.1) is 0 Å². The number of carbonyl (C=O) groups excluding carboxylic acids is 1. The molecule has 0 saturated heterocycles. The van der Waals surface area contributed by atoms with Gasteiger partial charge in [-0.25, -0.2) is 13.1 Å². The second-order valence-electron chi connectivity index (χ2n) is 6.24. The Morgan fingerprint density at radius 1 is 1.25 bits per heavy atom. The van der Waals surface area contributed by atoms with E-state index in [2.05, 4.69) is 10.0 Å². The van der Waals surface area contributed by atoms with Crippen LogP contribution in [0.15, 0.2) is 29.2 Å². The summed E-state index contributed by atoms with van der Waals surface area (Å²) < 4.78 is 32.7. The number of benzene rings is 1. The predicted octanol–water partition coefficient (Wildman–Crippen LogP) is 2.20. The van der Waals surface area contributed by atoms with Crippen LogP contribution in [0.2, 0.25) is 0 Å². The van der Waals surface area contributed by atoms with E-state index in [1.54, 1.807) is 12.1 Å². The molecule has 1 aliphatic rings. The van der Waals surface area contributed by atoms with E-state index in [9.17, 15) is 13.2 Å². The van der Waals surface area contributed by atoms with Gasteiger partial charge in [0.25, 0.3) is 5.91 Å². The van der Waals surface area contributed by atoms with Gasteiger partial charge in [0.2, 0.25) is 10.0 Å². The summed E-state index contributed by atoms with van der Waals surface area (Å²) in [4.78, 5) is 11.9. The summed E-state index contributed by atoms with van der Waals surface area (Å²) in [5.74, 6) is 0.276. The maximum Gasteiger partial charge on any atom is 0.258 e. The first kappa shape index (κ1) is 18.7. The molecule has 0 aliphatic heterocycles. The minimum absolute atomic E-state index is 0.0372. The van der Waals surface area contributed by atoms with Crippen molar-refractivity contribution in [3.05, 3.63) is 24.3 Å². The zero-order valence-corrected chi connectivity index (χ0v) is 15.1. The van der Waals surface area contributed by atoms with Gasteiger partial charge >= 0.3 is 0 Å². The third kappa shape index (κ3) is 5.49. The molecule has 0 aromatic heterocycles. The smallest absolute Gasteiger partial charge is 0.258 e. The molecule has 0 spiro atoms. The van der Waals surface area contributed by atoms with Gasteiger partial charge in [-0.3, -0.25) is 4.79 Å². The molecule has 1 aromatic carbocycles. The fourth-order valence-electron chi connectivity index (χ4n) is 2.61. The van der Waals surface area contributed by atoms with E-state index in [1.165, 1.54) is 12.1 Å². The van der Waals surface area contributed by atoms with Crippen LogP contribution in [0.25, 0.3) is 0 Å². The summed E-state index contributed by atoms with van der Waals surface area (Å²) in [5.41, 5.74) is 0. The molecule has 0 unspecified atom stereocenters. The summed E-state index contributed by atoms with van der Waals surface area (Å²) in [6.45, 7) is 3.83. The van der Waals surface area contributed by atoms with Gasteiger partial charge in [-0.1, -0.05) is 19.8 Å². The van der Waals surface area contributed by atoms with Gasteiger partial charge in [-0.15, -0.1) is 0 Å². The molecule has 1 aliphatic carbocycles. The Hall–Kier alpha value is -1.60. The number of hydrogen-bond acceptors (Lipinski definition) is 4. The number of rotatable bonds is 8. The van der Waals surface area contributed by atoms with Crippen molar-refractivity contribution in [3.63, 3.8) is 0 Å². The van der Waals surface area contributed by atoms with E-state index in [4.69, 9.17) is 4.74 Å². The molecule has 2 rings (SSSR count). The monoisotopic (exact) mass is 354 g/mol. The zero-order valence-electron chi connectivity index (χ0n) is 14.2. The fraction of sp³-hybridized carbons (Fsp3) is 0.588. The quantitative estimate of drug-likeness (QED) is 0.749. The maximum atomic E-state index is 12.3. The van der Waals surface area contributed by atoms with Crippen LogP contribution >= 0.6 is 0 Å². The summed E-state index contributed by atoms with van der Waals surface area (Å²) in [6.07, 6.45) is 4.78. The Balaban J connectivity index is 1.89. The van der Waals surface area contributed by atoms with Crippen LogP contribution in [0.3, 0.4) is 0 Å². The topological polar surface area (TPSA) is 84.5 Å². The van der Waals surface area contributed by atoms with Crippen molar-refractivity contribution in [1.29, 1.82) is 0 Å². The normalized spacial score (nSPS) is 16.8. The Bertz CT molecular complexity index is 637. The number of nitrogens with one attached hydrogen (secondary N) is 2. The number of sulfonamides is 1. The highest BCUT2D eigenvalue weighted by molar-refractivity contribution is 7.89. The molecule has 1 aromatic rings. The maximum absolute atomic E-state index is 12.3. The molecule has 0 radical (unpaired) electrons. The summed E-state index contributed by atoms with van der Waals surface area (Å²) in [6, 6.07) is 6.28. The molecule has 1 atom stereocenters. The van der Waals surface area contributed by atoms with E-state index in [1.807, 2.05) is 13.8 Å². The van der Waals surface area contributed by atoms with Gasteiger partial charge in [-0.05, 0) is 50.5 Å². The molecule has 1 fully saturated rings. The van der Waals surface area contributed by atoms with Gasteiger partial charge in [0.15, 0.2) is 6.61 Å². The molecular weight excluding hydrogens is 328 g/mol. The van der Waals surface area contributed by atoms with E-state index < -0.39 is 10.0 Å². The Morgan fingerprint density at radius 3 is 2.46 bits per heavy atom. The molecule has 134 valence electrons. The van der Waals surface area contributed by atoms with Crippen LogP contribution in [0.5, 0.6) is 5.75 Å². The third-order valence-electron chi connectivity index (χ3n) is 4.20. The summed E-state index contributed by atoms with van der Waals surface area (Å²) in [5, 5.41) is 2.81. The average molecular weight is 354 g/mol. The van der Waals surface area contributed by atoms with Gasteiger partial charge in [0.1, 0.15) is 5.75 Å². The lowest BCUT2D eigenvalue weighted by atomic mass is 10.2. The van der Waals surface area contributed by atoms with Gasteiger partial charge in [0.05, 0.1) is 4.90 Å². The first-order valence-corrected chi connectivity index (χ1v) is 9.93. The minimum Gasteiger partial charge on any atom is -0.484 e. The fourth-order valence-corrected chi connectivity index (χ4v) is 3.92. The number of ether oxygens (including phenoxy) is 1. The van der Waals surface area contributed by atoms with Crippen LogP contribution in [-0.4, -0.2) is 33.0 Å². The van der Waals surface area contributed by atoms with Crippen molar-refractivity contribution in [1.82, 2.24) is 10.0 Å². The predicted molar refractivity (Wildman–Crippen MR) is 92.4 cm³/mol. The van der Waals surface area contributed by atoms with Crippen molar-refractivity contribution in [2.24, 2.45) is 0 Å². The van der Waals surface area contributed by atoms with Crippen molar-refractivity contribution in [2.75, 3.05) is 6.61 Å². The molecule has 7 heteroatoms. The van der Waals surface area contributed by atoms with Gasteiger partial charge < -0.3 is 10.1 Å². The molecule has 1 saturated carbocycles. The SMILES string of the molecule is CC[C@H](C)NC(=O)COc1ccc(S(=O)(=O)NC2CCCC2)cc1. The Morgan fingerprint density at radius 2 is 1.88 bits per heavy atom. The van der Waals surface area contributed by atoms with Crippen LogP contribution in [0.4, 0.5) is 0 Å². The second kappa shape index (κ2) is 8.48. The van der Waals surface area contributed by atoms with Gasteiger partial charge in [0, 0.05) is 12.1 Å². The van der Waals surface area contributed by atoms with E-state index in [-0.39, 0.29) is 29.5 Å². The number of hydrogen-bond donors (Lipinski definition) is 2. The first-order chi connectivity index (χ1) is 11.4. The summed E-state index contributed by atoms with van der Waals surface area (Å²) in [7, 11) is -3.50. The van der Waals surface area contributed by atoms with E-state index in [0.29, 0.717) is 5.75 Å². The highest BCUT2D eigenvalue weighted by Gasteiger charge is 2.22. The van der Waals surface area contributed by atoms with Crippen molar-refractivity contribution in [2.45, 2.75) is 62.9 Å². The number of carbonyl (C=O) groups is 1. The second-order valence-corrected chi connectivity index (χ2v) is 7.95. The van der Waals surface area contributed by atoms with Crippen LogP contribution < -0.4 is 14.8 Å². The molecular formula is C17H26N2O4S. The van der Waals surface area contributed by atoms with Crippen LogP contribution in [0.1, 0.15) is 46.0 Å². The van der Waals surface area contributed by atoms with E-state index in [0.717, 1.165) is 32.1 Å². The lowest BCUT2D eigenvalue weighted by Gasteiger charge is -2.14. The molecule has 2 N–H and O–H groups in total. The Labute approximate surface area is 144 Å².